The number of hydrogen-bond donors (Lipinski definition) is 1. The van der Waals surface area contributed by atoms with Crippen molar-refractivity contribution in [2.24, 2.45) is 0 Å². The van der Waals surface area contributed by atoms with Gasteiger partial charge in [-0.1, -0.05) is 0 Å². The highest BCUT2D eigenvalue weighted by Gasteiger charge is 2.04. The van der Waals surface area contributed by atoms with Crippen molar-refractivity contribution in [3.8, 4) is 0 Å². The molecule has 0 unspecified atom stereocenters. The molecule has 0 aliphatic heterocycles. The highest BCUT2D eigenvalue weighted by molar-refractivity contribution is 5.27. The monoisotopic (exact) mass is 223 g/mol. The number of benzene rings is 1. The van der Waals surface area contributed by atoms with Crippen LogP contribution in [0.5, 0.6) is 0 Å². The number of imidazole rings is 1. The van der Waals surface area contributed by atoms with E-state index in [9.17, 15) is 8.78 Å². The lowest BCUT2D eigenvalue weighted by atomic mass is 10.2. The lowest BCUT2D eigenvalue weighted by molar-refractivity contribution is 0.577. The van der Waals surface area contributed by atoms with Crippen molar-refractivity contribution in [1.29, 1.82) is 0 Å². The van der Waals surface area contributed by atoms with Gasteiger partial charge in [-0.15, -0.1) is 0 Å². The number of halogens is 2. The Bertz CT molecular complexity index is 500. The van der Waals surface area contributed by atoms with Crippen LogP contribution in [0.4, 0.5) is 14.6 Å². The van der Waals surface area contributed by atoms with Crippen molar-refractivity contribution in [2.45, 2.75) is 13.5 Å². The average Bonchev–Trinajstić information content (AvgIpc) is 2.43. The standard InChI is InChI=1S/C11H11F2N3/c1-7-15-11(14)6-16(7)5-8-2-9(12)4-10(13)3-8/h2-4,6H,5,14H2,1H3. The van der Waals surface area contributed by atoms with Gasteiger partial charge >= 0.3 is 0 Å². The number of nitrogens with two attached hydrogens (primary N) is 1. The number of rotatable bonds is 2. The molecule has 0 amide bonds. The van der Waals surface area contributed by atoms with Gasteiger partial charge in [0.1, 0.15) is 23.3 Å². The van der Waals surface area contributed by atoms with E-state index in [0.29, 0.717) is 23.8 Å². The van der Waals surface area contributed by atoms with Gasteiger partial charge in [-0.3, -0.25) is 0 Å². The molecule has 5 heteroatoms. The first-order chi connectivity index (χ1) is 7.54. The van der Waals surface area contributed by atoms with Gasteiger partial charge in [0.15, 0.2) is 0 Å². The van der Waals surface area contributed by atoms with Crippen LogP contribution in [0.15, 0.2) is 24.4 Å². The van der Waals surface area contributed by atoms with Crippen molar-refractivity contribution in [3.05, 3.63) is 47.4 Å². The zero-order chi connectivity index (χ0) is 11.7. The van der Waals surface area contributed by atoms with E-state index in [1.807, 2.05) is 0 Å². The van der Waals surface area contributed by atoms with Gasteiger partial charge < -0.3 is 10.3 Å². The molecule has 1 aromatic carbocycles. The summed E-state index contributed by atoms with van der Waals surface area (Å²) in [4.78, 5) is 4.01. The van der Waals surface area contributed by atoms with Crippen LogP contribution in [0.3, 0.4) is 0 Å². The third kappa shape index (κ3) is 2.18. The summed E-state index contributed by atoms with van der Waals surface area (Å²) in [7, 11) is 0. The Morgan fingerprint density at radius 3 is 2.38 bits per heavy atom. The maximum absolute atomic E-state index is 12.9. The number of hydrogen-bond acceptors (Lipinski definition) is 2. The largest absolute Gasteiger partial charge is 0.382 e. The molecular formula is C11H11F2N3. The van der Waals surface area contributed by atoms with E-state index in [-0.39, 0.29) is 0 Å². The molecule has 0 saturated heterocycles. The third-order valence-corrected chi connectivity index (χ3v) is 2.27. The summed E-state index contributed by atoms with van der Waals surface area (Å²) in [5.74, 6) is -0.0574. The molecule has 0 spiro atoms. The normalized spacial score (nSPS) is 10.7. The molecule has 2 N–H and O–H groups in total. The van der Waals surface area contributed by atoms with Crippen LogP contribution in [-0.2, 0) is 6.54 Å². The summed E-state index contributed by atoms with van der Waals surface area (Å²) in [6.45, 7) is 2.14. The van der Waals surface area contributed by atoms with Crippen molar-refractivity contribution < 1.29 is 8.78 Å². The Kier molecular flexibility index (Phi) is 2.60. The summed E-state index contributed by atoms with van der Waals surface area (Å²) in [6, 6.07) is 3.43. The SMILES string of the molecule is Cc1nc(N)cn1Cc1cc(F)cc(F)c1. The maximum atomic E-state index is 12.9. The number of nitrogens with zero attached hydrogens (tertiary/aromatic N) is 2. The highest BCUT2D eigenvalue weighted by Crippen LogP contribution is 2.12. The Morgan fingerprint density at radius 2 is 1.88 bits per heavy atom. The molecule has 0 bridgehead atoms. The molecule has 2 rings (SSSR count). The van der Waals surface area contributed by atoms with Gasteiger partial charge in [-0.2, -0.15) is 0 Å². The fourth-order valence-electron chi connectivity index (χ4n) is 1.59. The topological polar surface area (TPSA) is 43.8 Å². The van der Waals surface area contributed by atoms with Crippen LogP contribution in [0, 0.1) is 18.6 Å². The van der Waals surface area contributed by atoms with Gasteiger partial charge in [0.2, 0.25) is 0 Å². The molecule has 84 valence electrons. The van der Waals surface area contributed by atoms with Crippen LogP contribution in [-0.4, -0.2) is 9.55 Å². The van der Waals surface area contributed by atoms with Gasteiger partial charge in [0.05, 0.1) is 0 Å². The molecular weight excluding hydrogens is 212 g/mol. The quantitative estimate of drug-likeness (QED) is 0.847. The van der Waals surface area contributed by atoms with Crippen molar-refractivity contribution in [3.63, 3.8) is 0 Å². The predicted octanol–water partition coefficient (Wildman–Crippen LogP) is 2.10. The molecule has 0 fully saturated rings. The lowest BCUT2D eigenvalue weighted by Gasteiger charge is -2.05. The van der Waals surface area contributed by atoms with Crippen LogP contribution < -0.4 is 5.73 Å². The van der Waals surface area contributed by atoms with E-state index < -0.39 is 11.6 Å². The number of aryl methyl sites for hydroxylation is 1. The second-order valence-electron chi connectivity index (χ2n) is 3.62. The van der Waals surface area contributed by atoms with Crippen molar-refractivity contribution in [1.82, 2.24) is 9.55 Å². The molecule has 0 aliphatic rings. The van der Waals surface area contributed by atoms with Crippen LogP contribution in [0.1, 0.15) is 11.4 Å². The van der Waals surface area contributed by atoms with Gasteiger partial charge in [0.25, 0.3) is 0 Å². The minimum atomic E-state index is -0.583. The summed E-state index contributed by atoms with van der Waals surface area (Å²) in [6.07, 6.45) is 1.64. The summed E-state index contributed by atoms with van der Waals surface area (Å²) >= 11 is 0. The smallest absolute Gasteiger partial charge is 0.141 e. The van der Waals surface area contributed by atoms with Crippen molar-refractivity contribution >= 4 is 5.82 Å². The van der Waals surface area contributed by atoms with Gasteiger partial charge in [-0.25, -0.2) is 13.8 Å². The zero-order valence-electron chi connectivity index (χ0n) is 8.74. The molecule has 2 aromatic rings. The third-order valence-electron chi connectivity index (χ3n) is 2.27. The van der Waals surface area contributed by atoms with Crippen molar-refractivity contribution in [2.75, 3.05) is 5.73 Å². The van der Waals surface area contributed by atoms with Crippen LogP contribution in [0.2, 0.25) is 0 Å². The molecule has 1 aromatic heterocycles. The van der Waals surface area contributed by atoms with Gasteiger partial charge in [0, 0.05) is 18.8 Å². The Morgan fingerprint density at radius 1 is 1.25 bits per heavy atom. The molecule has 16 heavy (non-hydrogen) atoms. The Hall–Kier alpha value is -1.91. The highest BCUT2D eigenvalue weighted by atomic mass is 19.1. The molecule has 3 nitrogen and oxygen atoms in total. The fourth-order valence-corrected chi connectivity index (χ4v) is 1.59. The first-order valence-electron chi connectivity index (χ1n) is 4.79. The average molecular weight is 223 g/mol. The maximum Gasteiger partial charge on any atom is 0.141 e. The second-order valence-corrected chi connectivity index (χ2v) is 3.62. The molecule has 1 heterocycles. The van der Waals surface area contributed by atoms with E-state index in [4.69, 9.17) is 5.73 Å². The molecule has 0 saturated carbocycles. The zero-order valence-corrected chi connectivity index (χ0v) is 8.74. The van der Waals surface area contributed by atoms with Gasteiger partial charge in [-0.05, 0) is 24.6 Å². The molecule has 0 aliphatic carbocycles. The summed E-state index contributed by atoms with van der Waals surface area (Å²) in [5.41, 5.74) is 6.05. The fraction of sp³-hybridized carbons (Fsp3) is 0.182. The number of nitrogen functional groups attached to an aromatic ring is 1. The summed E-state index contributed by atoms with van der Waals surface area (Å²) < 4.78 is 27.6. The molecule has 0 radical (unpaired) electrons. The minimum Gasteiger partial charge on any atom is -0.382 e. The van der Waals surface area contributed by atoms with E-state index in [1.165, 1.54) is 12.1 Å². The number of aromatic nitrogens is 2. The van der Waals surface area contributed by atoms with E-state index in [1.54, 1.807) is 17.7 Å². The first-order valence-corrected chi connectivity index (χ1v) is 4.79. The van der Waals surface area contributed by atoms with Crippen LogP contribution >= 0.6 is 0 Å². The Labute approximate surface area is 91.5 Å². The van der Waals surface area contributed by atoms with E-state index in [0.717, 1.165) is 6.07 Å². The van der Waals surface area contributed by atoms with E-state index >= 15 is 0 Å². The predicted molar refractivity (Wildman–Crippen MR) is 56.8 cm³/mol. The van der Waals surface area contributed by atoms with Crippen LogP contribution in [0.25, 0.3) is 0 Å². The molecule has 0 atom stereocenters. The second kappa shape index (κ2) is 3.92. The number of anilines is 1. The Balaban J connectivity index is 2.30. The first kappa shape index (κ1) is 10.6. The van der Waals surface area contributed by atoms with E-state index in [2.05, 4.69) is 4.98 Å². The lowest BCUT2D eigenvalue weighted by Crippen LogP contribution is -2.01. The summed E-state index contributed by atoms with van der Waals surface area (Å²) in [5, 5.41) is 0. The minimum absolute atomic E-state index is 0.352.